The number of allylic oxidation sites excluding steroid dienone is 2. The standard InChI is InChI=1S/C19H23N3O/c20-16-18(10-7-15-22-13-5-2-6-14-22)19(23)21-12-11-17-8-3-1-4-9-17/h1,3-4,7-10,15H,2,5-6,11-14H2,(H,21,23). The molecule has 0 radical (unpaired) electrons. The number of piperidine rings is 1. The van der Waals surface area contributed by atoms with Crippen molar-refractivity contribution in [2.45, 2.75) is 25.7 Å². The molecule has 4 heteroatoms. The van der Waals surface area contributed by atoms with Crippen LogP contribution < -0.4 is 5.32 Å². The van der Waals surface area contributed by atoms with Gasteiger partial charge in [0.25, 0.3) is 5.91 Å². The maximum atomic E-state index is 12.0. The van der Waals surface area contributed by atoms with E-state index in [0.29, 0.717) is 6.54 Å². The first-order chi connectivity index (χ1) is 11.3. The van der Waals surface area contributed by atoms with E-state index < -0.39 is 0 Å². The van der Waals surface area contributed by atoms with E-state index in [0.717, 1.165) is 19.5 Å². The predicted molar refractivity (Wildman–Crippen MR) is 91.4 cm³/mol. The first kappa shape index (κ1) is 16.8. The molecule has 0 aromatic heterocycles. The minimum Gasteiger partial charge on any atom is -0.377 e. The highest BCUT2D eigenvalue weighted by molar-refractivity contribution is 5.97. The van der Waals surface area contributed by atoms with Crippen LogP contribution in [0, 0.1) is 11.3 Å². The van der Waals surface area contributed by atoms with E-state index in [1.807, 2.05) is 42.6 Å². The first-order valence-electron chi connectivity index (χ1n) is 8.14. The summed E-state index contributed by atoms with van der Waals surface area (Å²) in [5, 5.41) is 11.9. The van der Waals surface area contributed by atoms with Gasteiger partial charge in [-0.15, -0.1) is 0 Å². The SMILES string of the molecule is N#CC(=CC=CN1CCCCC1)C(=O)NCCc1ccccc1. The van der Waals surface area contributed by atoms with Crippen LogP contribution >= 0.6 is 0 Å². The molecular weight excluding hydrogens is 286 g/mol. The molecule has 0 saturated carbocycles. The minimum atomic E-state index is -0.313. The first-order valence-corrected chi connectivity index (χ1v) is 8.14. The average molecular weight is 309 g/mol. The summed E-state index contributed by atoms with van der Waals surface area (Å²) in [7, 11) is 0. The van der Waals surface area contributed by atoms with Gasteiger partial charge < -0.3 is 10.2 Å². The lowest BCUT2D eigenvalue weighted by Crippen LogP contribution is -2.26. The predicted octanol–water partition coefficient (Wildman–Crippen LogP) is 2.79. The zero-order valence-electron chi connectivity index (χ0n) is 13.4. The van der Waals surface area contributed by atoms with Crippen LogP contribution in [0.2, 0.25) is 0 Å². The van der Waals surface area contributed by atoms with Crippen LogP contribution in [0.1, 0.15) is 24.8 Å². The van der Waals surface area contributed by atoms with Crippen LogP contribution in [0.5, 0.6) is 0 Å². The lowest BCUT2D eigenvalue weighted by molar-refractivity contribution is -0.117. The second-order valence-electron chi connectivity index (χ2n) is 5.62. The van der Waals surface area contributed by atoms with E-state index in [-0.39, 0.29) is 11.5 Å². The molecule has 1 heterocycles. The third kappa shape index (κ3) is 5.99. The van der Waals surface area contributed by atoms with Crippen molar-refractivity contribution in [1.29, 1.82) is 5.26 Å². The van der Waals surface area contributed by atoms with Gasteiger partial charge in [0.2, 0.25) is 0 Å². The molecule has 0 unspecified atom stereocenters. The van der Waals surface area contributed by atoms with Crippen LogP contribution in [0.15, 0.2) is 54.3 Å². The van der Waals surface area contributed by atoms with Crippen molar-refractivity contribution in [1.82, 2.24) is 10.2 Å². The number of amides is 1. The Morgan fingerprint density at radius 3 is 2.65 bits per heavy atom. The summed E-state index contributed by atoms with van der Waals surface area (Å²) in [4.78, 5) is 14.2. The van der Waals surface area contributed by atoms with Gasteiger partial charge in [-0.2, -0.15) is 5.26 Å². The number of rotatable bonds is 6. The zero-order valence-corrected chi connectivity index (χ0v) is 13.4. The summed E-state index contributed by atoms with van der Waals surface area (Å²) in [6.45, 7) is 2.63. The molecule has 0 atom stereocenters. The number of carbonyl (C=O) groups is 1. The molecule has 2 rings (SSSR count). The Labute approximate surface area is 138 Å². The topological polar surface area (TPSA) is 56.1 Å². The molecule has 1 amide bonds. The van der Waals surface area contributed by atoms with E-state index in [9.17, 15) is 4.79 Å². The van der Waals surface area contributed by atoms with Gasteiger partial charge in [-0.25, -0.2) is 0 Å². The molecule has 1 aromatic carbocycles. The van der Waals surface area contributed by atoms with Gasteiger partial charge in [0, 0.05) is 19.6 Å². The van der Waals surface area contributed by atoms with Gasteiger partial charge in [0.1, 0.15) is 11.6 Å². The molecule has 4 nitrogen and oxygen atoms in total. The third-order valence-electron chi connectivity index (χ3n) is 3.86. The number of hydrogen-bond acceptors (Lipinski definition) is 3. The molecule has 0 spiro atoms. The van der Waals surface area contributed by atoms with Crippen LogP contribution in [-0.2, 0) is 11.2 Å². The Morgan fingerprint density at radius 1 is 1.22 bits per heavy atom. The molecule has 23 heavy (non-hydrogen) atoms. The van der Waals surface area contributed by atoms with Crippen LogP contribution in [0.25, 0.3) is 0 Å². The van der Waals surface area contributed by atoms with E-state index >= 15 is 0 Å². The van der Waals surface area contributed by atoms with Gasteiger partial charge >= 0.3 is 0 Å². The van der Waals surface area contributed by atoms with Gasteiger partial charge in [-0.3, -0.25) is 4.79 Å². The summed E-state index contributed by atoms with van der Waals surface area (Å²) in [5.74, 6) is -0.313. The highest BCUT2D eigenvalue weighted by atomic mass is 16.1. The van der Waals surface area contributed by atoms with Crippen molar-refractivity contribution in [3.05, 3.63) is 59.8 Å². The van der Waals surface area contributed by atoms with Gasteiger partial charge in [0.15, 0.2) is 0 Å². The Morgan fingerprint density at radius 2 is 1.96 bits per heavy atom. The second kappa shape index (κ2) is 9.47. The fourth-order valence-corrected chi connectivity index (χ4v) is 2.55. The highest BCUT2D eigenvalue weighted by Crippen LogP contribution is 2.08. The molecule has 1 aliphatic rings. The molecule has 1 saturated heterocycles. The van der Waals surface area contributed by atoms with Crippen molar-refractivity contribution in [2.24, 2.45) is 0 Å². The molecule has 120 valence electrons. The summed E-state index contributed by atoms with van der Waals surface area (Å²) in [6.07, 6.45) is 9.81. The third-order valence-corrected chi connectivity index (χ3v) is 3.86. The molecule has 0 aliphatic carbocycles. The normalized spacial score (nSPS) is 15.4. The lowest BCUT2D eigenvalue weighted by Gasteiger charge is -2.24. The number of nitriles is 1. The number of carbonyl (C=O) groups excluding carboxylic acids is 1. The number of benzene rings is 1. The number of hydrogen-bond donors (Lipinski definition) is 1. The molecule has 1 aliphatic heterocycles. The smallest absolute Gasteiger partial charge is 0.261 e. The maximum Gasteiger partial charge on any atom is 0.261 e. The molecule has 0 bridgehead atoms. The van der Waals surface area contributed by atoms with E-state index in [1.165, 1.54) is 24.8 Å². The Bertz CT molecular complexity index is 593. The van der Waals surface area contributed by atoms with Crippen molar-refractivity contribution in [3.63, 3.8) is 0 Å². The van der Waals surface area contributed by atoms with Crippen LogP contribution in [-0.4, -0.2) is 30.4 Å². The van der Waals surface area contributed by atoms with Crippen LogP contribution in [0.3, 0.4) is 0 Å². The van der Waals surface area contributed by atoms with Crippen LogP contribution in [0.4, 0.5) is 0 Å². The van der Waals surface area contributed by atoms with E-state index in [2.05, 4.69) is 10.2 Å². The monoisotopic (exact) mass is 309 g/mol. The zero-order chi connectivity index (χ0) is 16.3. The lowest BCUT2D eigenvalue weighted by atomic mass is 10.1. The average Bonchev–Trinajstić information content (AvgIpc) is 2.60. The number of nitrogens with zero attached hydrogens (tertiary/aromatic N) is 2. The Balaban J connectivity index is 1.79. The summed E-state index contributed by atoms with van der Waals surface area (Å²) < 4.78 is 0. The Kier molecular flexibility index (Phi) is 6.93. The quantitative estimate of drug-likeness (QED) is 0.499. The van der Waals surface area contributed by atoms with Gasteiger partial charge in [-0.1, -0.05) is 30.3 Å². The van der Waals surface area contributed by atoms with E-state index in [1.54, 1.807) is 12.2 Å². The molecular formula is C19H23N3O. The second-order valence-corrected chi connectivity index (χ2v) is 5.62. The molecule has 1 aromatic rings. The molecule has 1 fully saturated rings. The van der Waals surface area contributed by atoms with Crippen molar-refractivity contribution in [3.8, 4) is 6.07 Å². The summed E-state index contributed by atoms with van der Waals surface area (Å²) in [5.41, 5.74) is 1.31. The number of likely N-dealkylation sites (tertiary alicyclic amines) is 1. The van der Waals surface area contributed by atoms with Gasteiger partial charge in [0.05, 0.1) is 0 Å². The fraction of sp³-hybridized carbons (Fsp3) is 0.368. The Hall–Kier alpha value is -2.54. The van der Waals surface area contributed by atoms with E-state index in [4.69, 9.17) is 5.26 Å². The van der Waals surface area contributed by atoms with Crippen molar-refractivity contribution >= 4 is 5.91 Å². The highest BCUT2D eigenvalue weighted by Gasteiger charge is 2.07. The minimum absolute atomic E-state index is 0.145. The summed E-state index contributed by atoms with van der Waals surface area (Å²) >= 11 is 0. The molecule has 1 N–H and O–H groups in total. The summed E-state index contributed by atoms with van der Waals surface area (Å²) in [6, 6.07) is 11.9. The maximum absolute atomic E-state index is 12.0. The number of nitrogens with one attached hydrogen (secondary N) is 1. The van der Waals surface area contributed by atoms with Crippen molar-refractivity contribution in [2.75, 3.05) is 19.6 Å². The van der Waals surface area contributed by atoms with Gasteiger partial charge in [-0.05, 0) is 49.6 Å². The van der Waals surface area contributed by atoms with Crippen molar-refractivity contribution < 1.29 is 4.79 Å². The largest absolute Gasteiger partial charge is 0.377 e. The fourth-order valence-electron chi connectivity index (χ4n) is 2.55.